The average molecular weight is 706 g/mol. The molecule has 0 aliphatic heterocycles. The summed E-state index contributed by atoms with van der Waals surface area (Å²) in [4.78, 5) is 25.1. The molecular formula is C35H33IrN2O2-. The Kier molecular flexibility index (Phi) is 8.88. The fraction of sp³-hybridized carbons (Fsp3) is 0.200. The predicted molar refractivity (Wildman–Crippen MR) is 159 cm³/mol. The van der Waals surface area contributed by atoms with Gasteiger partial charge in [0.05, 0.1) is 11.0 Å². The topological polar surface area (TPSA) is 52.0 Å². The normalized spacial score (nSPS) is 12.4. The zero-order chi connectivity index (χ0) is 27.6. The van der Waals surface area contributed by atoms with Gasteiger partial charge in [-0.15, -0.1) is 0 Å². The van der Waals surface area contributed by atoms with Gasteiger partial charge in [-0.1, -0.05) is 80.6 Å². The van der Waals surface area contributed by atoms with E-state index in [0.717, 1.165) is 41.8 Å². The van der Waals surface area contributed by atoms with E-state index >= 15 is 0 Å². The van der Waals surface area contributed by atoms with Gasteiger partial charge in [0.15, 0.2) is 0 Å². The van der Waals surface area contributed by atoms with E-state index in [9.17, 15) is 9.59 Å². The van der Waals surface area contributed by atoms with Crippen LogP contribution >= 0.6 is 0 Å². The maximum Gasteiger partial charge on any atom is 0.145 e. The molecule has 4 aromatic carbocycles. The van der Waals surface area contributed by atoms with E-state index in [1.54, 1.807) is 0 Å². The van der Waals surface area contributed by atoms with Gasteiger partial charge in [-0.05, 0) is 79.3 Å². The summed E-state index contributed by atoms with van der Waals surface area (Å²) in [7, 11) is 0. The molecule has 4 nitrogen and oxygen atoms in total. The van der Waals surface area contributed by atoms with Crippen molar-refractivity contribution in [3.8, 4) is 28.2 Å². The maximum atomic E-state index is 9.98. The van der Waals surface area contributed by atoms with Gasteiger partial charge in [0.1, 0.15) is 5.82 Å². The van der Waals surface area contributed by atoms with Gasteiger partial charge in [0.2, 0.25) is 0 Å². The van der Waals surface area contributed by atoms with Crippen LogP contribution < -0.4 is 0 Å². The van der Waals surface area contributed by atoms with Crippen LogP contribution in [0.25, 0.3) is 39.2 Å². The molecule has 1 aliphatic carbocycles. The number of nitrogens with zero attached hydrogens (tertiary/aromatic N) is 2. The van der Waals surface area contributed by atoms with E-state index in [1.807, 2.05) is 0 Å². The van der Waals surface area contributed by atoms with Crippen molar-refractivity contribution in [3.63, 3.8) is 0 Å². The molecule has 1 aliphatic rings. The van der Waals surface area contributed by atoms with Crippen LogP contribution in [0.1, 0.15) is 51.7 Å². The van der Waals surface area contributed by atoms with Crippen molar-refractivity contribution in [2.24, 2.45) is 0 Å². The number of carbonyl (C=O) groups excluding carboxylic acids is 2. The summed E-state index contributed by atoms with van der Waals surface area (Å²) in [5.74, 6) is 0.622. The molecule has 1 heterocycles. The van der Waals surface area contributed by atoms with Crippen molar-refractivity contribution in [1.29, 1.82) is 0 Å². The zero-order valence-electron chi connectivity index (χ0n) is 23.3. The summed E-state index contributed by atoms with van der Waals surface area (Å²) < 4.78 is 2.29. The van der Waals surface area contributed by atoms with E-state index < -0.39 is 0 Å². The SMILES string of the molecule is CC(=O)[CH-]C(C)=O.CCC1(CC)c2ccccc2-c2ccc(-c3nc4ccccc4n3-c3ccccc3)cc21.[Ir]. The molecule has 5 aromatic rings. The molecule has 0 saturated heterocycles. The molecule has 1 aromatic heterocycles. The molecule has 0 atom stereocenters. The number of Topliss-reactive ketones (excluding diaryl/α,β-unsaturated/α-hetero) is 2. The van der Waals surface area contributed by atoms with Crippen molar-refractivity contribution >= 4 is 22.6 Å². The second-order valence-corrected chi connectivity index (χ2v) is 10.1. The Hall–Kier alpha value is -3.79. The quantitative estimate of drug-likeness (QED) is 0.132. The van der Waals surface area contributed by atoms with Crippen molar-refractivity contribution < 1.29 is 29.7 Å². The van der Waals surface area contributed by atoms with E-state index in [4.69, 9.17) is 4.98 Å². The third-order valence-electron chi connectivity index (χ3n) is 7.71. The summed E-state index contributed by atoms with van der Waals surface area (Å²) in [5, 5.41) is 0. The van der Waals surface area contributed by atoms with Gasteiger partial charge < -0.3 is 9.59 Å². The Balaban J connectivity index is 0.000000413. The average Bonchev–Trinajstić information content (AvgIpc) is 3.47. The fourth-order valence-electron chi connectivity index (χ4n) is 5.95. The molecule has 5 heteroatoms. The van der Waals surface area contributed by atoms with E-state index in [0.29, 0.717) is 0 Å². The number of imidazole rings is 1. The first-order valence-corrected chi connectivity index (χ1v) is 13.5. The fourth-order valence-corrected chi connectivity index (χ4v) is 5.95. The Morgan fingerprint density at radius 3 is 2.00 bits per heavy atom. The minimum atomic E-state index is -0.187. The van der Waals surface area contributed by atoms with Gasteiger partial charge in [-0.25, -0.2) is 4.98 Å². The molecule has 205 valence electrons. The number of aromatic nitrogens is 2. The van der Waals surface area contributed by atoms with Crippen LogP contribution in [-0.2, 0) is 35.1 Å². The van der Waals surface area contributed by atoms with Gasteiger partial charge >= 0.3 is 0 Å². The van der Waals surface area contributed by atoms with Gasteiger partial charge in [-0.3, -0.25) is 11.0 Å². The molecule has 6 rings (SSSR count). The van der Waals surface area contributed by atoms with E-state index in [-0.39, 0.29) is 37.1 Å². The second kappa shape index (κ2) is 12.2. The molecule has 0 spiro atoms. The molecule has 0 unspecified atom stereocenters. The summed E-state index contributed by atoms with van der Waals surface area (Å²) in [5.41, 5.74) is 10.2. The van der Waals surface area contributed by atoms with Crippen molar-refractivity contribution in [2.45, 2.75) is 46.0 Å². The van der Waals surface area contributed by atoms with Crippen molar-refractivity contribution in [3.05, 3.63) is 115 Å². The number of benzene rings is 4. The van der Waals surface area contributed by atoms with E-state index in [2.05, 4.69) is 115 Å². The summed E-state index contributed by atoms with van der Waals surface area (Å²) in [6.07, 6.45) is 3.23. The first kappa shape index (κ1) is 29.2. The number of fused-ring (bicyclic) bond motifs is 4. The first-order valence-electron chi connectivity index (χ1n) is 13.5. The van der Waals surface area contributed by atoms with Crippen LogP contribution in [0.4, 0.5) is 0 Å². The minimum Gasteiger partial charge on any atom is -0.334 e. The Morgan fingerprint density at radius 1 is 0.750 bits per heavy atom. The minimum absolute atomic E-state index is 0. The van der Waals surface area contributed by atoms with Crippen LogP contribution in [0.2, 0.25) is 0 Å². The predicted octanol–water partition coefficient (Wildman–Crippen LogP) is 8.15. The number of hydrogen-bond donors (Lipinski definition) is 0. The summed E-state index contributed by atoms with van der Waals surface area (Å²) in [6.45, 7) is 7.34. The van der Waals surface area contributed by atoms with Crippen molar-refractivity contribution in [2.75, 3.05) is 0 Å². The number of ketones is 2. The van der Waals surface area contributed by atoms with Crippen molar-refractivity contribution in [1.82, 2.24) is 9.55 Å². The second-order valence-electron chi connectivity index (χ2n) is 10.1. The first-order chi connectivity index (χ1) is 18.9. The third-order valence-corrected chi connectivity index (χ3v) is 7.71. The molecule has 0 saturated carbocycles. The largest absolute Gasteiger partial charge is 0.334 e. The molecule has 0 N–H and O–H groups in total. The summed E-state index contributed by atoms with van der Waals surface area (Å²) >= 11 is 0. The third kappa shape index (κ3) is 5.20. The van der Waals surface area contributed by atoms with Gasteiger partial charge in [0.25, 0.3) is 0 Å². The molecule has 0 bridgehead atoms. The van der Waals surface area contributed by atoms with Crippen LogP contribution in [0.15, 0.2) is 97.1 Å². The molecule has 0 amide bonds. The number of rotatable bonds is 6. The van der Waals surface area contributed by atoms with Crippen LogP contribution in [0.5, 0.6) is 0 Å². The summed E-state index contributed by atoms with van der Waals surface area (Å²) in [6, 6.07) is 34.9. The van der Waals surface area contributed by atoms with Crippen LogP contribution in [-0.4, -0.2) is 21.1 Å². The maximum absolute atomic E-state index is 9.98. The Bertz CT molecular complexity index is 1650. The Labute approximate surface area is 249 Å². The number of para-hydroxylation sites is 3. The van der Waals surface area contributed by atoms with Crippen LogP contribution in [0.3, 0.4) is 0 Å². The van der Waals surface area contributed by atoms with E-state index in [1.165, 1.54) is 41.7 Å². The van der Waals surface area contributed by atoms with Crippen LogP contribution in [0, 0.1) is 6.42 Å². The van der Waals surface area contributed by atoms with Gasteiger partial charge in [-0.2, -0.15) is 0 Å². The zero-order valence-corrected chi connectivity index (χ0v) is 25.7. The standard InChI is InChI=1S/C30H26N2.C5H7O2.Ir/c1-3-30(4-2)25-15-9-8-14-23(25)24-19-18-21(20-26(24)30)29-31-27-16-10-11-17-28(27)32(29)22-12-6-5-7-13-22;1-4(6)3-5(2)7;/h5-20H,3-4H2,1-2H3;3H,1-2H3;/q;-1;. The molecule has 0 fully saturated rings. The smallest absolute Gasteiger partial charge is 0.145 e. The molecular weight excluding hydrogens is 673 g/mol. The Morgan fingerprint density at radius 2 is 1.35 bits per heavy atom. The number of hydrogen-bond acceptors (Lipinski definition) is 3. The molecule has 1 radical (unpaired) electrons. The number of carbonyl (C=O) groups is 2. The molecule has 40 heavy (non-hydrogen) atoms. The monoisotopic (exact) mass is 706 g/mol. The van der Waals surface area contributed by atoms with Gasteiger partial charge in [0, 0.05) is 48.3 Å².